The van der Waals surface area contributed by atoms with E-state index >= 15 is 0 Å². The van der Waals surface area contributed by atoms with Crippen LogP contribution in [0.2, 0.25) is 0 Å². The summed E-state index contributed by atoms with van der Waals surface area (Å²) in [4.78, 5) is 36.1. The number of aryl methyl sites for hydroxylation is 2. The first-order valence-corrected chi connectivity index (χ1v) is 12.5. The van der Waals surface area contributed by atoms with Crippen molar-refractivity contribution in [3.63, 3.8) is 0 Å². The molecule has 37 heavy (non-hydrogen) atoms. The molecule has 0 fully saturated rings. The van der Waals surface area contributed by atoms with Gasteiger partial charge in [-0.25, -0.2) is 5.43 Å². The molecule has 200 valence electrons. The van der Waals surface area contributed by atoms with Crippen LogP contribution in [-0.2, 0) is 19.1 Å². The fourth-order valence-corrected chi connectivity index (χ4v) is 3.89. The first kappa shape index (κ1) is 29.8. The molecule has 0 atom stereocenters. The average Bonchev–Trinajstić information content (AvgIpc) is 2.84. The molecular formula is C26H33BrN4O6. The van der Waals surface area contributed by atoms with Gasteiger partial charge in [-0.15, -0.1) is 0 Å². The molecular weight excluding hydrogens is 544 g/mol. The Bertz CT molecular complexity index is 1110. The fraction of sp³-hybridized carbons (Fsp3) is 0.385. The highest BCUT2D eigenvalue weighted by molar-refractivity contribution is 9.10. The third kappa shape index (κ3) is 10.2. The van der Waals surface area contributed by atoms with E-state index in [1.165, 1.54) is 13.3 Å². The van der Waals surface area contributed by atoms with Crippen molar-refractivity contribution >= 4 is 45.6 Å². The lowest BCUT2D eigenvalue weighted by Crippen LogP contribution is -2.38. The van der Waals surface area contributed by atoms with Crippen LogP contribution in [0.4, 0.5) is 5.69 Å². The Morgan fingerprint density at radius 2 is 1.76 bits per heavy atom. The number of ether oxygens (including phenoxy) is 3. The molecule has 2 aromatic carbocycles. The first-order valence-electron chi connectivity index (χ1n) is 11.7. The van der Waals surface area contributed by atoms with E-state index in [4.69, 9.17) is 14.2 Å². The second-order valence-electron chi connectivity index (χ2n) is 8.39. The molecule has 0 radical (unpaired) electrons. The van der Waals surface area contributed by atoms with Gasteiger partial charge in [0.15, 0.2) is 18.1 Å². The molecule has 0 aliphatic heterocycles. The maximum atomic E-state index is 12.4. The summed E-state index contributed by atoms with van der Waals surface area (Å²) in [6.07, 6.45) is 2.07. The van der Waals surface area contributed by atoms with Crippen molar-refractivity contribution in [1.29, 1.82) is 0 Å². The van der Waals surface area contributed by atoms with Crippen LogP contribution < -0.4 is 25.5 Å². The third-order valence-electron chi connectivity index (χ3n) is 4.95. The Morgan fingerprint density at radius 3 is 2.41 bits per heavy atom. The topological polar surface area (TPSA) is 127 Å². The van der Waals surface area contributed by atoms with Gasteiger partial charge in [-0.3, -0.25) is 14.4 Å². The number of hydrazone groups is 1. The van der Waals surface area contributed by atoms with Crippen molar-refractivity contribution in [1.82, 2.24) is 10.7 Å². The monoisotopic (exact) mass is 576 g/mol. The molecule has 11 heteroatoms. The molecule has 0 heterocycles. The Labute approximate surface area is 225 Å². The number of benzene rings is 2. The molecule has 0 aliphatic carbocycles. The van der Waals surface area contributed by atoms with Crippen molar-refractivity contribution < 1.29 is 28.6 Å². The average molecular weight is 577 g/mol. The SMILES string of the molecule is COc1cc(/C=N\NC(=O)C(=O)NCCCOC(C)C)ccc1OCC(=O)Nc1c(C)cc(Br)cc1C. The second-order valence-corrected chi connectivity index (χ2v) is 9.31. The minimum atomic E-state index is -0.879. The lowest BCUT2D eigenvalue weighted by molar-refractivity contribution is -0.139. The third-order valence-corrected chi connectivity index (χ3v) is 5.41. The van der Waals surface area contributed by atoms with Gasteiger partial charge in [0.25, 0.3) is 5.91 Å². The van der Waals surface area contributed by atoms with Gasteiger partial charge in [0.05, 0.1) is 19.4 Å². The van der Waals surface area contributed by atoms with E-state index < -0.39 is 11.8 Å². The van der Waals surface area contributed by atoms with Crippen molar-refractivity contribution in [3.8, 4) is 11.5 Å². The highest BCUT2D eigenvalue weighted by Gasteiger charge is 2.13. The van der Waals surface area contributed by atoms with E-state index in [1.54, 1.807) is 18.2 Å². The molecule has 3 amide bonds. The van der Waals surface area contributed by atoms with Crippen LogP contribution in [0.25, 0.3) is 0 Å². The number of methoxy groups -OCH3 is 1. The molecule has 3 N–H and O–H groups in total. The predicted molar refractivity (Wildman–Crippen MR) is 145 cm³/mol. The smallest absolute Gasteiger partial charge is 0.329 e. The quantitative estimate of drug-likeness (QED) is 0.154. The summed E-state index contributed by atoms with van der Waals surface area (Å²) in [5.41, 5.74) is 5.37. The van der Waals surface area contributed by atoms with Gasteiger partial charge in [0.2, 0.25) is 0 Å². The van der Waals surface area contributed by atoms with Gasteiger partial charge in [-0.1, -0.05) is 15.9 Å². The lowest BCUT2D eigenvalue weighted by Gasteiger charge is -2.14. The number of carbonyl (C=O) groups is 3. The van der Waals surface area contributed by atoms with Gasteiger partial charge in [0, 0.05) is 23.3 Å². The van der Waals surface area contributed by atoms with Crippen LogP contribution >= 0.6 is 15.9 Å². The minimum Gasteiger partial charge on any atom is -0.493 e. The number of hydrogen-bond donors (Lipinski definition) is 3. The van der Waals surface area contributed by atoms with E-state index in [0.29, 0.717) is 36.6 Å². The first-order chi connectivity index (χ1) is 17.6. The van der Waals surface area contributed by atoms with Crippen LogP contribution in [0.5, 0.6) is 11.5 Å². The fourth-order valence-electron chi connectivity index (χ4n) is 3.20. The van der Waals surface area contributed by atoms with Crippen LogP contribution in [0.15, 0.2) is 39.9 Å². The molecule has 2 rings (SSSR count). The van der Waals surface area contributed by atoms with E-state index in [1.807, 2.05) is 39.8 Å². The summed E-state index contributed by atoms with van der Waals surface area (Å²) in [6.45, 7) is 8.27. The molecule has 2 aromatic rings. The van der Waals surface area contributed by atoms with E-state index in [9.17, 15) is 14.4 Å². The number of carbonyl (C=O) groups excluding carboxylic acids is 3. The summed E-state index contributed by atoms with van der Waals surface area (Å²) in [6, 6.07) is 8.76. The summed E-state index contributed by atoms with van der Waals surface area (Å²) in [7, 11) is 1.47. The van der Waals surface area contributed by atoms with Gasteiger partial charge in [-0.05, 0) is 81.1 Å². The summed E-state index contributed by atoms with van der Waals surface area (Å²) in [5, 5.41) is 9.18. The van der Waals surface area contributed by atoms with Crippen molar-refractivity contribution in [2.75, 3.05) is 32.2 Å². The zero-order chi connectivity index (χ0) is 27.4. The number of nitrogens with one attached hydrogen (secondary N) is 3. The van der Waals surface area contributed by atoms with Crippen molar-refractivity contribution in [2.24, 2.45) is 5.10 Å². The zero-order valence-corrected chi connectivity index (χ0v) is 23.2. The highest BCUT2D eigenvalue weighted by Crippen LogP contribution is 2.28. The van der Waals surface area contributed by atoms with Gasteiger partial charge in [0.1, 0.15) is 0 Å². The van der Waals surface area contributed by atoms with E-state index in [-0.39, 0.29) is 18.6 Å². The molecule has 0 aliphatic rings. The molecule has 10 nitrogen and oxygen atoms in total. The van der Waals surface area contributed by atoms with Gasteiger partial charge >= 0.3 is 11.8 Å². The molecule has 0 aromatic heterocycles. The molecule has 0 unspecified atom stereocenters. The number of halogens is 1. The molecule has 0 bridgehead atoms. The molecule has 0 saturated carbocycles. The maximum Gasteiger partial charge on any atom is 0.329 e. The Hall–Kier alpha value is -3.44. The van der Waals surface area contributed by atoms with Crippen LogP contribution in [0.3, 0.4) is 0 Å². The summed E-state index contributed by atoms with van der Waals surface area (Å²) >= 11 is 3.44. The van der Waals surface area contributed by atoms with Gasteiger partial charge in [-0.2, -0.15) is 5.10 Å². The predicted octanol–water partition coefficient (Wildman–Crippen LogP) is 3.47. The Balaban J connectivity index is 1.86. The number of hydrogen-bond acceptors (Lipinski definition) is 7. The van der Waals surface area contributed by atoms with E-state index in [0.717, 1.165) is 21.3 Å². The number of rotatable bonds is 12. The summed E-state index contributed by atoms with van der Waals surface area (Å²) in [5.74, 6) is -1.23. The molecule has 0 spiro atoms. The van der Waals surface area contributed by atoms with Crippen molar-refractivity contribution in [2.45, 2.75) is 40.2 Å². The normalized spacial score (nSPS) is 10.9. The number of anilines is 1. The summed E-state index contributed by atoms with van der Waals surface area (Å²) < 4.78 is 17.3. The van der Waals surface area contributed by atoms with Crippen LogP contribution in [0, 0.1) is 13.8 Å². The zero-order valence-electron chi connectivity index (χ0n) is 21.6. The highest BCUT2D eigenvalue weighted by atomic mass is 79.9. The largest absolute Gasteiger partial charge is 0.493 e. The van der Waals surface area contributed by atoms with Gasteiger partial charge < -0.3 is 24.8 Å². The maximum absolute atomic E-state index is 12.4. The Morgan fingerprint density at radius 1 is 1.05 bits per heavy atom. The van der Waals surface area contributed by atoms with Crippen LogP contribution in [-0.4, -0.2) is 56.9 Å². The van der Waals surface area contributed by atoms with E-state index in [2.05, 4.69) is 37.1 Å². The van der Waals surface area contributed by atoms with Crippen LogP contribution in [0.1, 0.15) is 37.0 Å². The Kier molecular flexibility index (Phi) is 12.0. The molecule has 0 saturated heterocycles. The second kappa shape index (κ2) is 15.0. The lowest BCUT2D eigenvalue weighted by atomic mass is 10.1. The number of nitrogens with zero attached hydrogens (tertiary/aromatic N) is 1. The number of amides is 3. The minimum absolute atomic E-state index is 0.114. The van der Waals surface area contributed by atoms with Crippen molar-refractivity contribution in [3.05, 3.63) is 51.5 Å². The standard InChI is InChI=1S/C26H33BrN4O6/c1-16(2)36-10-6-9-28-25(33)26(34)31-29-14-19-7-8-21(22(13-19)35-5)37-15-23(32)30-24-17(3)11-20(27)12-18(24)4/h7-8,11-14,16H,6,9-10,15H2,1-5H3,(H,28,33)(H,30,32)(H,31,34)/b29-14-.